The molecule has 0 fully saturated rings. The number of halogens is 1. The maximum Gasteiger partial charge on any atom is 0.315 e. The highest BCUT2D eigenvalue weighted by atomic mass is 127. The van der Waals surface area contributed by atoms with Crippen molar-refractivity contribution < 1.29 is 12.6 Å². The van der Waals surface area contributed by atoms with E-state index in [0.29, 0.717) is 0 Å². The summed E-state index contributed by atoms with van der Waals surface area (Å²) in [5, 5.41) is 0. The second kappa shape index (κ2) is 8.29. The number of esters is 1. The van der Waals surface area contributed by atoms with Crippen molar-refractivity contribution in [3.63, 3.8) is 0 Å². The molecular weight excluding hydrogens is 391 g/mol. The van der Waals surface area contributed by atoms with Crippen molar-refractivity contribution in [3.05, 3.63) is 35.4 Å². The largest absolute Gasteiger partial charge is 0.468 e. The van der Waals surface area contributed by atoms with E-state index < -0.39 is 5.41 Å². The molecule has 3 nitrogen and oxygen atoms in total. The molecular formula is C18H27IO3. The van der Waals surface area contributed by atoms with Gasteiger partial charge in [-0.2, -0.15) is 0 Å². The monoisotopic (exact) mass is 418 g/mol. The molecule has 0 aliphatic rings. The minimum atomic E-state index is -0.608. The standard InChI is InChI=1S/C18H27IO3/c1-14-7-6-8-15(13-14)18(4,16(20)21-5)10-9-17(2,3)11-12-22-19/h6-8,13H,9-12H2,1-5H3. The highest BCUT2D eigenvalue weighted by Gasteiger charge is 2.37. The Morgan fingerprint density at radius 3 is 2.41 bits per heavy atom. The minimum absolute atomic E-state index is 0.129. The molecule has 1 atom stereocenters. The van der Waals surface area contributed by atoms with E-state index in [4.69, 9.17) is 7.80 Å². The fraction of sp³-hybridized carbons (Fsp3) is 0.611. The summed E-state index contributed by atoms with van der Waals surface area (Å²) in [6.45, 7) is 9.20. The van der Waals surface area contributed by atoms with E-state index in [1.165, 1.54) is 7.11 Å². The van der Waals surface area contributed by atoms with Gasteiger partial charge in [0.1, 0.15) is 23.0 Å². The average molecular weight is 418 g/mol. The summed E-state index contributed by atoms with van der Waals surface area (Å²) >= 11 is 1.93. The number of benzene rings is 1. The Hall–Kier alpha value is -0.620. The van der Waals surface area contributed by atoms with Gasteiger partial charge in [-0.1, -0.05) is 43.7 Å². The number of methoxy groups -OCH3 is 1. The van der Waals surface area contributed by atoms with Gasteiger partial charge in [0.15, 0.2) is 0 Å². The van der Waals surface area contributed by atoms with Crippen LogP contribution in [0.3, 0.4) is 0 Å². The molecule has 1 unspecified atom stereocenters. The highest BCUT2D eigenvalue weighted by Crippen LogP contribution is 2.37. The lowest BCUT2D eigenvalue weighted by molar-refractivity contribution is -0.147. The van der Waals surface area contributed by atoms with E-state index in [0.717, 1.165) is 37.0 Å². The number of hydrogen-bond donors (Lipinski definition) is 0. The molecule has 0 aromatic heterocycles. The van der Waals surface area contributed by atoms with Crippen LogP contribution in [0.25, 0.3) is 0 Å². The lowest BCUT2D eigenvalue weighted by Gasteiger charge is -2.32. The van der Waals surface area contributed by atoms with E-state index in [1.807, 2.05) is 55.1 Å². The van der Waals surface area contributed by atoms with Crippen LogP contribution in [0.5, 0.6) is 0 Å². The van der Waals surface area contributed by atoms with Crippen molar-refractivity contribution >= 4 is 29.0 Å². The molecule has 0 saturated heterocycles. The Balaban J connectivity index is 2.96. The van der Waals surface area contributed by atoms with Crippen molar-refractivity contribution in [2.75, 3.05) is 13.7 Å². The molecule has 0 heterocycles. The van der Waals surface area contributed by atoms with E-state index in [9.17, 15) is 4.79 Å². The molecule has 1 rings (SSSR count). The molecule has 4 heteroatoms. The van der Waals surface area contributed by atoms with Crippen LogP contribution in [-0.2, 0) is 18.0 Å². The SMILES string of the molecule is COC(=O)C(C)(CCC(C)(C)CCOI)c1cccc(C)c1. The van der Waals surface area contributed by atoms with E-state index in [-0.39, 0.29) is 11.4 Å². The first-order valence-electron chi connectivity index (χ1n) is 7.64. The normalized spacial score (nSPS) is 14.5. The van der Waals surface area contributed by atoms with Gasteiger partial charge in [-0.05, 0) is 44.1 Å². The molecule has 0 spiro atoms. The van der Waals surface area contributed by atoms with Gasteiger partial charge in [0.2, 0.25) is 0 Å². The Bertz CT molecular complexity index is 499. The maximum absolute atomic E-state index is 12.4. The lowest BCUT2D eigenvalue weighted by Crippen LogP contribution is -2.35. The van der Waals surface area contributed by atoms with Crippen molar-refractivity contribution in [3.8, 4) is 0 Å². The first-order chi connectivity index (χ1) is 10.2. The molecule has 0 bridgehead atoms. The molecule has 1 aromatic carbocycles. The lowest BCUT2D eigenvalue weighted by atomic mass is 9.73. The van der Waals surface area contributed by atoms with Crippen LogP contribution >= 0.6 is 23.0 Å². The average Bonchev–Trinajstić information content (AvgIpc) is 2.50. The third-order valence-corrected chi connectivity index (χ3v) is 4.89. The Labute approximate surface area is 148 Å². The number of carbonyl (C=O) groups is 1. The molecule has 1 aromatic rings. The quantitative estimate of drug-likeness (QED) is 0.441. The van der Waals surface area contributed by atoms with Gasteiger partial charge in [0.05, 0.1) is 19.1 Å². The van der Waals surface area contributed by atoms with Crippen LogP contribution in [-0.4, -0.2) is 19.7 Å². The third kappa shape index (κ3) is 5.23. The smallest absolute Gasteiger partial charge is 0.315 e. The Morgan fingerprint density at radius 1 is 1.18 bits per heavy atom. The first-order valence-corrected chi connectivity index (χ1v) is 8.52. The van der Waals surface area contributed by atoms with Gasteiger partial charge in [0.25, 0.3) is 0 Å². The fourth-order valence-electron chi connectivity index (χ4n) is 2.61. The third-order valence-electron chi connectivity index (χ3n) is 4.45. The van der Waals surface area contributed by atoms with Gasteiger partial charge in [0, 0.05) is 0 Å². The zero-order valence-corrected chi connectivity index (χ0v) is 16.4. The number of ether oxygens (including phenoxy) is 1. The summed E-state index contributed by atoms with van der Waals surface area (Å²) in [4.78, 5) is 12.4. The summed E-state index contributed by atoms with van der Waals surface area (Å²) in [7, 11) is 1.46. The molecule has 0 saturated carbocycles. The van der Waals surface area contributed by atoms with E-state index in [1.54, 1.807) is 0 Å². The molecule has 0 aliphatic carbocycles. The zero-order chi connectivity index (χ0) is 16.8. The summed E-state index contributed by atoms with van der Waals surface area (Å²) in [5.41, 5.74) is 1.71. The number of hydrogen-bond acceptors (Lipinski definition) is 3. The predicted octanol–water partition coefficient (Wildman–Crippen LogP) is 4.99. The fourth-order valence-corrected chi connectivity index (χ4v) is 2.83. The van der Waals surface area contributed by atoms with Crippen LogP contribution in [0.15, 0.2) is 24.3 Å². The van der Waals surface area contributed by atoms with Crippen LogP contribution in [0.4, 0.5) is 0 Å². The van der Waals surface area contributed by atoms with Gasteiger partial charge < -0.3 is 7.80 Å². The van der Waals surface area contributed by atoms with Crippen LogP contribution in [0.1, 0.15) is 51.2 Å². The van der Waals surface area contributed by atoms with E-state index in [2.05, 4.69) is 19.9 Å². The first kappa shape index (κ1) is 19.4. The second-order valence-corrected chi connectivity index (χ2v) is 7.54. The summed E-state index contributed by atoms with van der Waals surface area (Å²) < 4.78 is 10.2. The predicted molar refractivity (Wildman–Crippen MR) is 98.2 cm³/mol. The van der Waals surface area contributed by atoms with Crippen molar-refractivity contribution in [2.24, 2.45) is 5.41 Å². The van der Waals surface area contributed by atoms with Gasteiger partial charge >= 0.3 is 5.97 Å². The number of rotatable bonds is 8. The number of carbonyl (C=O) groups excluding carboxylic acids is 1. The molecule has 0 aliphatic heterocycles. The minimum Gasteiger partial charge on any atom is -0.468 e. The van der Waals surface area contributed by atoms with Crippen molar-refractivity contribution in [2.45, 2.75) is 52.4 Å². The maximum atomic E-state index is 12.4. The van der Waals surface area contributed by atoms with Crippen LogP contribution < -0.4 is 0 Å². The zero-order valence-electron chi connectivity index (χ0n) is 14.2. The van der Waals surface area contributed by atoms with Crippen LogP contribution in [0.2, 0.25) is 0 Å². The summed E-state index contributed by atoms with van der Waals surface area (Å²) in [5.74, 6) is -0.168. The molecule has 0 amide bonds. The molecule has 124 valence electrons. The molecule has 0 N–H and O–H groups in total. The Kier molecular flexibility index (Phi) is 7.32. The van der Waals surface area contributed by atoms with Gasteiger partial charge in [-0.25, -0.2) is 0 Å². The highest BCUT2D eigenvalue weighted by molar-refractivity contribution is 14.1. The van der Waals surface area contributed by atoms with Crippen molar-refractivity contribution in [1.29, 1.82) is 0 Å². The summed E-state index contributed by atoms with van der Waals surface area (Å²) in [6, 6.07) is 8.15. The van der Waals surface area contributed by atoms with Crippen molar-refractivity contribution in [1.82, 2.24) is 0 Å². The van der Waals surface area contributed by atoms with Crippen LogP contribution in [0, 0.1) is 12.3 Å². The second-order valence-electron chi connectivity index (χ2n) is 6.92. The number of aryl methyl sites for hydroxylation is 1. The Morgan fingerprint density at radius 2 is 1.86 bits per heavy atom. The molecule has 22 heavy (non-hydrogen) atoms. The summed E-state index contributed by atoms with van der Waals surface area (Å²) in [6.07, 6.45) is 2.67. The van der Waals surface area contributed by atoms with Gasteiger partial charge in [-0.3, -0.25) is 4.79 Å². The topological polar surface area (TPSA) is 35.5 Å². The van der Waals surface area contributed by atoms with Gasteiger partial charge in [-0.15, -0.1) is 0 Å². The van der Waals surface area contributed by atoms with E-state index >= 15 is 0 Å². The molecule has 0 radical (unpaired) electrons.